The molecule has 0 radical (unpaired) electrons. The van der Waals surface area contributed by atoms with Gasteiger partial charge in [0.1, 0.15) is 0 Å². The molecule has 0 aliphatic carbocycles. The maximum Gasteiger partial charge on any atom is 0.314 e. The Kier molecular flexibility index (Phi) is 4.60. The lowest BCUT2D eigenvalue weighted by Gasteiger charge is -2.11. The number of rotatable bonds is 4. The molecule has 0 saturated carbocycles. The molecule has 0 aromatic rings. The molecule has 1 aliphatic heterocycles. The van der Waals surface area contributed by atoms with E-state index in [1.165, 1.54) is 0 Å². The molecule has 1 atom stereocenters. The minimum Gasteiger partial charge on any atom is -0.376 e. The van der Waals surface area contributed by atoms with Gasteiger partial charge in [-0.25, -0.2) is 4.79 Å². The van der Waals surface area contributed by atoms with Crippen molar-refractivity contribution in [3.05, 3.63) is 0 Å². The van der Waals surface area contributed by atoms with Crippen molar-refractivity contribution < 1.29 is 9.53 Å². The van der Waals surface area contributed by atoms with Crippen molar-refractivity contribution in [1.29, 1.82) is 0 Å². The minimum absolute atomic E-state index is 0.0858. The highest BCUT2D eigenvalue weighted by atomic mass is 16.5. The van der Waals surface area contributed by atoms with Gasteiger partial charge >= 0.3 is 6.03 Å². The molecule has 0 bridgehead atoms. The Labute approximate surface area is 79.0 Å². The maximum absolute atomic E-state index is 11.1. The van der Waals surface area contributed by atoms with Crippen LogP contribution in [0.4, 0.5) is 4.79 Å². The van der Waals surface area contributed by atoms with E-state index >= 15 is 0 Å². The molecule has 1 saturated heterocycles. The van der Waals surface area contributed by atoms with Crippen molar-refractivity contribution in [2.75, 3.05) is 19.7 Å². The van der Waals surface area contributed by atoms with Gasteiger partial charge in [0.2, 0.25) is 0 Å². The van der Waals surface area contributed by atoms with Gasteiger partial charge in [-0.2, -0.15) is 0 Å². The number of amides is 2. The van der Waals surface area contributed by atoms with E-state index in [2.05, 4.69) is 10.6 Å². The van der Waals surface area contributed by atoms with Crippen molar-refractivity contribution in [3.63, 3.8) is 0 Å². The summed E-state index contributed by atoms with van der Waals surface area (Å²) in [6, 6.07) is -0.0858. The van der Waals surface area contributed by atoms with Crippen molar-refractivity contribution in [2.45, 2.75) is 32.3 Å². The van der Waals surface area contributed by atoms with E-state index in [9.17, 15) is 4.79 Å². The number of hydrogen-bond donors (Lipinski definition) is 2. The summed E-state index contributed by atoms with van der Waals surface area (Å²) in [4.78, 5) is 11.1. The number of carbonyl (C=O) groups excluding carboxylic acids is 1. The number of nitrogens with one attached hydrogen (secondary N) is 2. The van der Waals surface area contributed by atoms with Gasteiger partial charge in [-0.15, -0.1) is 0 Å². The highest BCUT2D eigenvalue weighted by molar-refractivity contribution is 5.73. The van der Waals surface area contributed by atoms with Gasteiger partial charge in [0.25, 0.3) is 0 Å². The molecule has 0 aromatic carbocycles. The van der Waals surface area contributed by atoms with Crippen LogP contribution >= 0.6 is 0 Å². The van der Waals surface area contributed by atoms with Crippen LogP contribution in [0.15, 0.2) is 0 Å². The fraction of sp³-hybridized carbons (Fsp3) is 0.889. The number of carbonyl (C=O) groups is 1. The fourth-order valence-electron chi connectivity index (χ4n) is 1.31. The average molecular weight is 186 g/mol. The first-order valence-electron chi connectivity index (χ1n) is 4.96. The van der Waals surface area contributed by atoms with Crippen LogP contribution < -0.4 is 10.6 Å². The molecule has 13 heavy (non-hydrogen) atoms. The van der Waals surface area contributed by atoms with Gasteiger partial charge in [0.05, 0.1) is 6.10 Å². The summed E-state index contributed by atoms with van der Waals surface area (Å²) < 4.78 is 5.37. The molecule has 0 aromatic heterocycles. The van der Waals surface area contributed by atoms with E-state index in [4.69, 9.17) is 4.74 Å². The monoisotopic (exact) mass is 186 g/mol. The first kappa shape index (κ1) is 10.3. The molecule has 1 heterocycles. The molecule has 1 unspecified atom stereocenters. The molecular weight excluding hydrogens is 168 g/mol. The largest absolute Gasteiger partial charge is 0.376 e. The smallest absolute Gasteiger partial charge is 0.314 e. The van der Waals surface area contributed by atoms with Crippen LogP contribution in [0, 0.1) is 0 Å². The Morgan fingerprint density at radius 3 is 3.00 bits per heavy atom. The van der Waals surface area contributed by atoms with Gasteiger partial charge in [-0.1, -0.05) is 6.92 Å². The molecule has 1 fully saturated rings. The molecule has 1 aliphatic rings. The molecule has 2 amide bonds. The standard InChI is InChI=1S/C9H18N2O2/c1-2-5-10-9(12)11-7-8-4-3-6-13-8/h8H,2-7H2,1H3,(H2,10,11,12). The first-order valence-corrected chi connectivity index (χ1v) is 4.96. The number of hydrogen-bond acceptors (Lipinski definition) is 2. The van der Waals surface area contributed by atoms with Crippen LogP contribution in [0.1, 0.15) is 26.2 Å². The lowest BCUT2D eigenvalue weighted by Crippen LogP contribution is -2.39. The third-order valence-electron chi connectivity index (χ3n) is 2.05. The molecule has 1 rings (SSSR count). The second-order valence-corrected chi connectivity index (χ2v) is 3.27. The second-order valence-electron chi connectivity index (χ2n) is 3.27. The van der Waals surface area contributed by atoms with E-state index in [-0.39, 0.29) is 12.1 Å². The van der Waals surface area contributed by atoms with E-state index in [0.717, 1.165) is 32.4 Å². The van der Waals surface area contributed by atoms with Gasteiger partial charge < -0.3 is 15.4 Å². The Morgan fingerprint density at radius 2 is 2.38 bits per heavy atom. The zero-order valence-corrected chi connectivity index (χ0v) is 8.14. The topological polar surface area (TPSA) is 50.4 Å². The summed E-state index contributed by atoms with van der Waals surface area (Å²) in [7, 11) is 0. The molecule has 4 heteroatoms. The summed E-state index contributed by atoms with van der Waals surface area (Å²) in [5.41, 5.74) is 0. The van der Waals surface area contributed by atoms with Gasteiger partial charge in [0.15, 0.2) is 0 Å². The van der Waals surface area contributed by atoms with Gasteiger partial charge in [-0.3, -0.25) is 0 Å². The normalized spacial score (nSPS) is 21.5. The Balaban J connectivity index is 2.00. The highest BCUT2D eigenvalue weighted by Gasteiger charge is 2.15. The van der Waals surface area contributed by atoms with Crippen LogP contribution in [0.25, 0.3) is 0 Å². The Bertz CT molecular complexity index is 156. The Morgan fingerprint density at radius 1 is 1.54 bits per heavy atom. The van der Waals surface area contributed by atoms with Gasteiger partial charge in [-0.05, 0) is 19.3 Å². The van der Waals surface area contributed by atoms with Crippen LogP contribution in [0.5, 0.6) is 0 Å². The van der Waals surface area contributed by atoms with E-state index in [1.54, 1.807) is 0 Å². The van der Waals surface area contributed by atoms with Crippen LogP contribution in [0.2, 0.25) is 0 Å². The summed E-state index contributed by atoms with van der Waals surface area (Å²) in [6.07, 6.45) is 3.37. The maximum atomic E-state index is 11.1. The first-order chi connectivity index (χ1) is 6.33. The van der Waals surface area contributed by atoms with Gasteiger partial charge in [0, 0.05) is 19.7 Å². The van der Waals surface area contributed by atoms with Crippen LogP contribution in [-0.2, 0) is 4.74 Å². The van der Waals surface area contributed by atoms with Crippen LogP contribution in [0.3, 0.4) is 0 Å². The predicted octanol–water partition coefficient (Wildman–Crippen LogP) is 0.875. The lowest BCUT2D eigenvalue weighted by atomic mass is 10.2. The van der Waals surface area contributed by atoms with Crippen LogP contribution in [-0.4, -0.2) is 31.8 Å². The molecule has 4 nitrogen and oxygen atoms in total. The summed E-state index contributed by atoms with van der Waals surface area (Å²) >= 11 is 0. The SMILES string of the molecule is CCCNC(=O)NCC1CCCO1. The lowest BCUT2D eigenvalue weighted by molar-refractivity contribution is 0.111. The summed E-state index contributed by atoms with van der Waals surface area (Å²) in [6.45, 7) is 4.23. The zero-order valence-electron chi connectivity index (χ0n) is 8.14. The quantitative estimate of drug-likeness (QED) is 0.684. The third-order valence-corrected chi connectivity index (χ3v) is 2.05. The van der Waals surface area contributed by atoms with Crippen molar-refractivity contribution >= 4 is 6.03 Å². The Hall–Kier alpha value is -0.770. The van der Waals surface area contributed by atoms with Crippen molar-refractivity contribution in [2.24, 2.45) is 0 Å². The molecular formula is C9H18N2O2. The van der Waals surface area contributed by atoms with E-state index in [1.807, 2.05) is 6.92 Å². The van der Waals surface area contributed by atoms with E-state index < -0.39 is 0 Å². The summed E-state index contributed by atoms with van der Waals surface area (Å²) in [5.74, 6) is 0. The number of ether oxygens (including phenoxy) is 1. The second kappa shape index (κ2) is 5.80. The van der Waals surface area contributed by atoms with Crippen molar-refractivity contribution in [1.82, 2.24) is 10.6 Å². The summed E-state index contributed by atoms with van der Waals surface area (Å²) in [5, 5.41) is 5.54. The van der Waals surface area contributed by atoms with Crippen molar-refractivity contribution in [3.8, 4) is 0 Å². The van der Waals surface area contributed by atoms with E-state index in [0.29, 0.717) is 6.54 Å². The number of urea groups is 1. The predicted molar refractivity (Wildman–Crippen MR) is 50.7 cm³/mol. The molecule has 76 valence electrons. The highest BCUT2D eigenvalue weighted by Crippen LogP contribution is 2.10. The third kappa shape index (κ3) is 4.12. The fourth-order valence-corrected chi connectivity index (χ4v) is 1.31. The molecule has 2 N–H and O–H groups in total. The average Bonchev–Trinajstić information content (AvgIpc) is 2.64. The molecule has 0 spiro atoms. The minimum atomic E-state index is -0.0858. The zero-order chi connectivity index (χ0) is 9.52.